The van der Waals surface area contributed by atoms with E-state index in [0.29, 0.717) is 19.5 Å². The van der Waals surface area contributed by atoms with Crippen LogP contribution in [0.4, 0.5) is 0 Å². The van der Waals surface area contributed by atoms with Crippen molar-refractivity contribution in [3.05, 3.63) is 0 Å². The van der Waals surface area contributed by atoms with Crippen molar-refractivity contribution in [3.8, 4) is 0 Å². The van der Waals surface area contributed by atoms with Gasteiger partial charge >= 0.3 is 0 Å². The number of hydrogen-bond donors (Lipinski definition) is 1. The third-order valence-corrected chi connectivity index (χ3v) is 4.69. The lowest BCUT2D eigenvalue weighted by Gasteiger charge is -2.29. The first-order chi connectivity index (χ1) is 9.82. The van der Waals surface area contributed by atoms with Gasteiger partial charge in [0.2, 0.25) is 11.8 Å². The Hall–Kier alpha value is -1.10. The Bertz CT molecular complexity index is 408. The van der Waals surface area contributed by atoms with Gasteiger partial charge in [0.1, 0.15) is 6.04 Å². The molecule has 0 aromatic heterocycles. The van der Waals surface area contributed by atoms with E-state index in [2.05, 4.69) is 19.2 Å². The van der Waals surface area contributed by atoms with E-state index in [1.807, 2.05) is 18.7 Å². The van der Waals surface area contributed by atoms with Crippen LogP contribution in [0.15, 0.2) is 0 Å². The molecule has 2 fully saturated rings. The maximum absolute atomic E-state index is 12.7. The van der Waals surface area contributed by atoms with Crippen LogP contribution in [0.25, 0.3) is 0 Å². The van der Waals surface area contributed by atoms with Crippen LogP contribution in [0, 0.1) is 5.92 Å². The monoisotopic (exact) mass is 296 g/mol. The third-order valence-electron chi connectivity index (χ3n) is 4.69. The second-order valence-corrected chi connectivity index (χ2v) is 7.00. The van der Waals surface area contributed by atoms with Gasteiger partial charge < -0.3 is 15.0 Å². The molecule has 0 aromatic rings. The summed E-state index contributed by atoms with van der Waals surface area (Å²) in [6, 6.07) is -0.389. The van der Waals surface area contributed by atoms with Gasteiger partial charge in [-0.15, -0.1) is 0 Å². The molecular formula is C16H28N2O3. The summed E-state index contributed by atoms with van der Waals surface area (Å²) in [4.78, 5) is 26.3. The molecule has 2 aliphatic rings. The first kappa shape index (κ1) is 16.3. The Morgan fingerprint density at radius 1 is 1.43 bits per heavy atom. The lowest BCUT2D eigenvalue weighted by Crippen LogP contribution is -2.49. The van der Waals surface area contributed by atoms with Crippen molar-refractivity contribution < 1.29 is 14.3 Å². The number of hydrogen-bond acceptors (Lipinski definition) is 3. The summed E-state index contributed by atoms with van der Waals surface area (Å²) in [7, 11) is 0. The van der Waals surface area contributed by atoms with Crippen LogP contribution in [-0.4, -0.2) is 47.6 Å². The molecule has 2 saturated heterocycles. The predicted octanol–water partition coefficient (Wildman–Crippen LogP) is 1.71. The number of carbonyl (C=O) groups excluding carboxylic acids is 2. The molecule has 0 aromatic carbocycles. The van der Waals surface area contributed by atoms with Crippen LogP contribution in [0.5, 0.6) is 0 Å². The number of ether oxygens (including phenoxy) is 1. The molecule has 3 atom stereocenters. The Kier molecular flexibility index (Phi) is 4.91. The van der Waals surface area contributed by atoms with E-state index in [1.54, 1.807) is 0 Å². The fourth-order valence-electron chi connectivity index (χ4n) is 3.11. The molecule has 0 aliphatic carbocycles. The minimum atomic E-state index is -0.389. The quantitative estimate of drug-likeness (QED) is 0.859. The summed E-state index contributed by atoms with van der Waals surface area (Å²) < 4.78 is 5.99. The van der Waals surface area contributed by atoms with E-state index in [1.165, 1.54) is 0 Å². The lowest BCUT2D eigenvalue weighted by molar-refractivity contribution is -0.137. The second kappa shape index (κ2) is 6.34. The number of nitrogens with one attached hydrogen (secondary N) is 1. The van der Waals surface area contributed by atoms with Crippen LogP contribution in [0.3, 0.4) is 0 Å². The zero-order valence-electron chi connectivity index (χ0n) is 13.6. The van der Waals surface area contributed by atoms with Gasteiger partial charge in [-0.3, -0.25) is 9.59 Å². The minimum Gasteiger partial charge on any atom is -0.371 e. The Balaban J connectivity index is 2.04. The van der Waals surface area contributed by atoms with E-state index >= 15 is 0 Å². The van der Waals surface area contributed by atoms with Crippen molar-refractivity contribution in [2.45, 2.75) is 71.1 Å². The highest BCUT2D eigenvalue weighted by molar-refractivity contribution is 5.90. The van der Waals surface area contributed by atoms with Crippen molar-refractivity contribution in [2.75, 3.05) is 13.1 Å². The van der Waals surface area contributed by atoms with Gasteiger partial charge in [0, 0.05) is 19.5 Å². The summed E-state index contributed by atoms with van der Waals surface area (Å²) in [6.45, 7) is 9.33. The molecule has 0 radical (unpaired) electrons. The minimum absolute atomic E-state index is 0.0242. The SMILES string of the molecule is CCC(C)C1NC(=O)CCN(CC2CCC(C)(C)O2)C1=O. The number of amides is 2. The normalized spacial score (nSPS) is 31.0. The van der Waals surface area contributed by atoms with Crippen molar-refractivity contribution in [3.63, 3.8) is 0 Å². The molecule has 2 heterocycles. The van der Waals surface area contributed by atoms with Crippen molar-refractivity contribution in [1.29, 1.82) is 0 Å². The highest BCUT2D eigenvalue weighted by Crippen LogP contribution is 2.30. The van der Waals surface area contributed by atoms with Crippen molar-refractivity contribution >= 4 is 11.8 Å². The standard InChI is InChI=1S/C16H28N2O3/c1-5-11(2)14-15(20)18(9-7-13(19)17-14)10-12-6-8-16(3,4)21-12/h11-12,14H,5-10H2,1-4H3,(H,17,19). The molecule has 0 bridgehead atoms. The first-order valence-corrected chi connectivity index (χ1v) is 8.08. The Morgan fingerprint density at radius 2 is 2.14 bits per heavy atom. The van der Waals surface area contributed by atoms with Crippen LogP contribution >= 0.6 is 0 Å². The highest BCUT2D eigenvalue weighted by Gasteiger charge is 2.37. The number of carbonyl (C=O) groups is 2. The molecule has 0 saturated carbocycles. The summed E-state index contributed by atoms with van der Waals surface area (Å²) in [5, 5.41) is 2.88. The van der Waals surface area contributed by atoms with Gasteiger partial charge in [-0.2, -0.15) is 0 Å². The molecule has 2 aliphatic heterocycles. The summed E-state index contributed by atoms with van der Waals surface area (Å²) >= 11 is 0. The molecular weight excluding hydrogens is 268 g/mol. The summed E-state index contributed by atoms with van der Waals surface area (Å²) in [5.74, 6) is 0.176. The van der Waals surface area contributed by atoms with Gasteiger partial charge in [0.05, 0.1) is 11.7 Å². The average Bonchev–Trinajstić information content (AvgIpc) is 2.71. The zero-order chi connectivity index (χ0) is 15.6. The number of nitrogens with zero attached hydrogens (tertiary/aromatic N) is 1. The Morgan fingerprint density at radius 3 is 2.71 bits per heavy atom. The fourth-order valence-corrected chi connectivity index (χ4v) is 3.11. The van der Waals surface area contributed by atoms with Gasteiger partial charge in [0.25, 0.3) is 0 Å². The second-order valence-electron chi connectivity index (χ2n) is 7.00. The molecule has 0 spiro atoms. The first-order valence-electron chi connectivity index (χ1n) is 8.08. The fraction of sp³-hybridized carbons (Fsp3) is 0.875. The molecule has 3 unspecified atom stereocenters. The molecule has 5 nitrogen and oxygen atoms in total. The maximum atomic E-state index is 12.7. The van der Waals surface area contributed by atoms with Gasteiger partial charge in [-0.25, -0.2) is 0 Å². The van der Waals surface area contributed by atoms with E-state index < -0.39 is 0 Å². The van der Waals surface area contributed by atoms with Gasteiger partial charge in [-0.05, 0) is 32.6 Å². The lowest BCUT2D eigenvalue weighted by atomic mass is 9.98. The van der Waals surface area contributed by atoms with Crippen LogP contribution in [-0.2, 0) is 14.3 Å². The number of rotatable bonds is 4. The van der Waals surface area contributed by atoms with Crippen molar-refractivity contribution in [2.24, 2.45) is 5.92 Å². The largest absolute Gasteiger partial charge is 0.371 e. The van der Waals surface area contributed by atoms with Crippen molar-refractivity contribution in [1.82, 2.24) is 10.2 Å². The summed E-state index contributed by atoms with van der Waals surface area (Å²) in [5.41, 5.74) is -0.0935. The maximum Gasteiger partial charge on any atom is 0.245 e. The molecule has 21 heavy (non-hydrogen) atoms. The topological polar surface area (TPSA) is 58.6 Å². The third kappa shape index (κ3) is 3.96. The van der Waals surface area contributed by atoms with Crippen LogP contribution in [0.2, 0.25) is 0 Å². The molecule has 1 N–H and O–H groups in total. The van der Waals surface area contributed by atoms with Crippen LogP contribution < -0.4 is 5.32 Å². The Labute approximate surface area is 127 Å². The average molecular weight is 296 g/mol. The van der Waals surface area contributed by atoms with E-state index in [4.69, 9.17) is 4.74 Å². The molecule has 5 heteroatoms. The molecule has 120 valence electrons. The highest BCUT2D eigenvalue weighted by atomic mass is 16.5. The van der Waals surface area contributed by atoms with E-state index in [9.17, 15) is 9.59 Å². The van der Waals surface area contributed by atoms with Gasteiger partial charge in [0.15, 0.2) is 0 Å². The van der Waals surface area contributed by atoms with Gasteiger partial charge in [-0.1, -0.05) is 20.3 Å². The van der Waals surface area contributed by atoms with Crippen LogP contribution in [0.1, 0.15) is 53.4 Å². The molecule has 2 amide bonds. The zero-order valence-corrected chi connectivity index (χ0v) is 13.6. The van der Waals surface area contributed by atoms with E-state index in [-0.39, 0.29) is 35.5 Å². The smallest absolute Gasteiger partial charge is 0.245 e. The van der Waals surface area contributed by atoms with E-state index in [0.717, 1.165) is 19.3 Å². The predicted molar refractivity (Wildman–Crippen MR) is 80.8 cm³/mol. The summed E-state index contributed by atoms with van der Waals surface area (Å²) in [6.07, 6.45) is 3.35. The molecule has 2 rings (SSSR count).